The Kier molecular flexibility index (Phi) is 5.89. The Bertz CT molecular complexity index is 800. The standard InChI is InChI=1S/C22H25FN2O2/c1-15(2)17-5-9-20(10-6-17)25-14-18(13-21(25)26)22(27)24-12-11-16-3-7-19(23)8-4-16/h3-10,15,18H,11-14H2,1-2H3,(H,24,27). The Morgan fingerprint density at radius 3 is 2.44 bits per heavy atom. The predicted octanol–water partition coefficient (Wildman–Crippen LogP) is 3.66. The molecule has 27 heavy (non-hydrogen) atoms. The molecule has 1 unspecified atom stereocenters. The summed E-state index contributed by atoms with van der Waals surface area (Å²) in [6.45, 7) is 5.13. The summed E-state index contributed by atoms with van der Waals surface area (Å²) in [6, 6.07) is 14.2. The summed E-state index contributed by atoms with van der Waals surface area (Å²) in [4.78, 5) is 26.4. The van der Waals surface area contributed by atoms with E-state index >= 15 is 0 Å². The zero-order valence-electron chi connectivity index (χ0n) is 15.7. The molecule has 0 aliphatic carbocycles. The van der Waals surface area contributed by atoms with Gasteiger partial charge in [0, 0.05) is 25.2 Å². The van der Waals surface area contributed by atoms with Gasteiger partial charge in [-0.3, -0.25) is 9.59 Å². The van der Waals surface area contributed by atoms with Gasteiger partial charge >= 0.3 is 0 Å². The van der Waals surface area contributed by atoms with Crippen LogP contribution >= 0.6 is 0 Å². The first-order chi connectivity index (χ1) is 12.9. The number of halogens is 1. The molecule has 1 aliphatic heterocycles. The molecule has 1 saturated heterocycles. The molecular formula is C22H25FN2O2. The highest BCUT2D eigenvalue weighted by molar-refractivity contribution is 6.00. The number of carbonyl (C=O) groups excluding carboxylic acids is 2. The quantitative estimate of drug-likeness (QED) is 0.846. The number of hydrogen-bond donors (Lipinski definition) is 1. The zero-order valence-corrected chi connectivity index (χ0v) is 15.7. The van der Waals surface area contributed by atoms with Crippen molar-refractivity contribution in [2.24, 2.45) is 5.92 Å². The molecule has 0 aromatic heterocycles. The van der Waals surface area contributed by atoms with Crippen LogP contribution in [0.25, 0.3) is 0 Å². The summed E-state index contributed by atoms with van der Waals surface area (Å²) in [7, 11) is 0. The molecule has 0 radical (unpaired) electrons. The predicted molar refractivity (Wildman–Crippen MR) is 104 cm³/mol. The Morgan fingerprint density at radius 1 is 1.15 bits per heavy atom. The van der Waals surface area contributed by atoms with Crippen LogP contribution in [0.15, 0.2) is 48.5 Å². The largest absolute Gasteiger partial charge is 0.355 e. The normalized spacial score (nSPS) is 16.8. The monoisotopic (exact) mass is 368 g/mol. The van der Waals surface area contributed by atoms with Crippen molar-refractivity contribution in [3.05, 3.63) is 65.5 Å². The third kappa shape index (κ3) is 4.73. The second-order valence-corrected chi connectivity index (χ2v) is 7.32. The van der Waals surface area contributed by atoms with E-state index in [2.05, 4.69) is 19.2 Å². The van der Waals surface area contributed by atoms with Crippen molar-refractivity contribution in [2.75, 3.05) is 18.0 Å². The van der Waals surface area contributed by atoms with E-state index in [1.54, 1.807) is 17.0 Å². The van der Waals surface area contributed by atoms with Gasteiger partial charge in [0.15, 0.2) is 0 Å². The summed E-state index contributed by atoms with van der Waals surface area (Å²) in [5.41, 5.74) is 3.03. The van der Waals surface area contributed by atoms with Gasteiger partial charge in [-0.2, -0.15) is 0 Å². The highest BCUT2D eigenvalue weighted by Gasteiger charge is 2.34. The molecule has 2 aromatic rings. The summed E-state index contributed by atoms with van der Waals surface area (Å²) in [5.74, 6) is -0.296. The average Bonchev–Trinajstić information content (AvgIpc) is 3.05. The van der Waals surface area contributed by atoms with E-state index in [0.29, 0.717) is 25.4 Å². The van der Waals surface area contributed by atoms with Crippen LogP contribution in [0, 0.1) is 11.7 Å². The van der Waals surface area contributed by atoms with Crippen LogP contribution in [0.3, 0.4) is 0 Å². The van der Waals surface area contributed by atoms with Crippen molar-refractivity contribution >= 4 is 17.5 Å². The lowest BCUT2D eigenvalue weighted by Crippen LogP contribution is -2.34. The lowest BCUT2D eigenvalue weighted by Gasteiger charge is -2.17. The van der Waals surface area contributed by atoms with E-state index in [-0.39, 0.29) is 30.0 Å². The third-order valence-corrected chi connectivity index (χ3v) is 4.99. The number of benzene rings is 2. The fourth-order valence-electron chi connectivity index (χ4n) is 3.30. The second-order valence-electron chi connectivity index (χ2n) is 7.32. The van der Waals surface area contributed by atoms with E-state index in [1.165, 1.54) is 17.7 Å². The molecule has 0 saturated carbocycles. The lowest BCUT2D eigenvalue weighted by molar-refractivity contribution is -0.126. The Labute approximate surface area is 159 Å². The number of nitrogens with zero attached hydrogens (tertiary/aromatic N) is 1. The van der Waals surface area contributed by atoms with Crippen LogP contribution in [-0.4, -0.2) is 24.9 Å². The number of rotatable bonds is 6. The lowest BCUT2D eigenvalue weighted by atomic mass is 10.0. The minimum absolute atomic E-state index is 0.0222. The first-order valence-electron chi connectivity index (χ1n) is 9.36. The maximum Gasteiger partial charge on any atom is 0.227 e. The minimum atomic E-state index is -0.338. The van der Waals surface area contributed by atoms with Gasteiger partial charge in [-0.15, -0.1) is 0 Å². The molecule has 142 valence electrons. The van der Waals surface area contributed by atoms with E-state index in [9.17, 15) is 14.0 Å². The van der Waals surface area contributed by atoms with Gasteiger partial charge in [0.25, 0.3) is 0 Å². The van der Waals surface area contributed by atoms with Crippen LogP contribution in [-0.2, 0) is 16.0 Å². The molecule has 4 nitrogen and oxygen atoms in total. The van der Waals surface area contributed by atoms with Gasteiger partial charge in [-0.1, -0.05) is 38.1 Å². The van der Waals surface area contributed by atoms with E-state index in [1.807, 2.05) is 24.3 Å². The van der Waals surface area contributed by atoms with Crippen molar-refractivity contribution in [3.8, 4) is 0 Å². The maximum absolute atomic E-state index is 12.9. The van der Waals surface area contributed by atoms with Gasteiger partial charge in [0.05, 0.1) is 5.92 Å². The van der Waals surface area contributed by atoms with Crippen molar-refractivity contribution in [3.63, 3.8) is 0 Å². The number of nitrogens with one attached hydrogen (secondary N) is 1. The van der Waals surface area contributed by atoms with Crippen LogP contribution in [0.5, 0.6) is 0 Å². The number of amides is 2. The van der Waals surface area contributed by atoms with E-state index < -0.39 is 0 Å². The highest BCUT2D eigenvalue weighted by Crippen LogP contribution is 2.27. The third-order valence-electron chi connectivity index (χ3n) is 4.99. The number of anilines is 1. The van der Waals surface area contributed by atoms with Crippen molar-refractivity contribution in [2.45, 2.75) is 32.6 Å². The second kappa shape index (κ2) is 8.33. The van der Waals surface area contributed by atoms with Crippen LogP contribution in [0.4, 0.5) is 10.1 Å². The molecular weight excluding hydrogens is 343 g/mol. The van der Waals surface area contributed by atoms with E-state index in [4.69, 9.17) is 0 Å². The topological polar surface area (TPSA) is 49.4 Å². The molecule has 5 heteroatoms. The molecule has 0 spiro atoms. The molecule has 2 aromatic carbocycles. The molecule has 2 amide bonds. The molecule has 1 fully saturated rings. The molecule has 0 bridgehead atoms. The number of hydrogen-bond acceptors (Lipinski definition) is 2. The minimum Gasteiger partial charge on any atom is -0.355 e. The van der Waals surface area contributed by atoms with Gasteiger partial charge in [0.1, 0.15) is 5.82 Å². The summed E-state index contributed by atoms with van der Waals surface area (Å²) in [5, 5.41) is 2.89. The van der Waals surface area contributed by atoms with Crippen LogP contribution in [0.1, 0.15) is 37.3 Å². The summed E-state index contributed by atoms with van der Waals surface area (Å²) < 4.78 is 12.9. The SMILES string of the molecule is CC(C)c1ccc(N2CC(C(=O)NCCc3ccc(F)cc3)CC2=O)cc1. The van der Waals surface area contributed by atoms with Crippen LogP contribution in [0.2, 0.25) is 0 Å². The highest BCUT2D eigenvalue weighted by atomic mass is 19.1. The Morgan fingerprint density at radius 2 is 1.81 bits per heavy atom. The average molecular weight is 368 g/mol. The fraction of sp³-hybridized carbons (Fsp3) is 0.364. The van der Waals surface area contributed by atoms with Crippen molar-refractivity contribution in [1.82, 2.24) is 5.32 Å². The summed E-state index contributed by atoms with van der Waals surface area (Å²) >= 11 is 0. The Balaban J connectivity index is 1.53. The van der Waals surface area contributed by atoms with Gasteiger partial charge in [-0.05, 0) is 47.7 Å². The Hall–Kier alpha value is -2.69. The van der Waals surface area contributed by atoms with Crippen molar-refractivity contribution < 1.29 is 14.0 Å². The summed E-state index contributed by atoms with van der Waals surface area (Å²) in [6.07, 6.45) is 0.862. The first-order valence-corrected chi connectivity index (χ1v) is 9.36. The fourth-order valence-corrected chi connectivity index (χ4v) is 3.30. The molecule has 1 N–H and O–H groups in total. The molecule has 3 rings (SSSR count). The molecule has 1 atom stereocenters. The van der Waals surface area contributed by atoms with Gasteiger partial charge < -0.3 is 10.2 Å². The van der Waals surface area contributed by atoms with Gasteiger partial charge in [-0.25, -0.2) is 4.39 Å². The maximum atomic E-state index is 12.9. The van der Waals surface area contributed by atoms with Crippen LogP contribution < -0.4 is 10.2 Å². The zero-order chi connectivity index (χ0) is 19.4. The van der Waals surface area contributed by atoms with Gasteiger partial charge in [0.2, 0.25) is 11.8 Å². The number of carbonyl (C=O) groups is 2. The molecule has 1 aliphatic rings. The van der Waals surface area contributed by atoms with Crippen molar-refractivity contribution in [1.29, 1.82) is 0 Å². The molecule has 1 heterocycles. The smallest absolute Gasteiger partial charge is 0.227 e. The first kappa shape index (κ1) is 19.1. The van der Waals surface area contributed by atoms with E-state index in [0.717, 1.165) is 11.3 Å².